The molecule has 0 saturated heterocycles. The molecule has 1 atom stereocenters. The summed E-state index contributed by atoms with van der Waals surface area (Å²) in [6.07, 6.45) is -4.28. The lowest BCUT2D eigenvalue weighted by Gasteiger charge is -2.15. The van der Waals surface area contributed by atoms with Crippen LogP contribution in [-0.2, 0) is 12.7 Å². The first kappa shape index (κ1) is 16.3. The minimum Gasteiger partial charge on any atom is -0.306 e. The van der Waals surface area contributed by atoms with E-state index in [-0.39, 0.29) is 6.04 Å². The molecule has 2 rings (SSSR count). The number of rotatable bonds is 4. The Morgan fingerprint density at radius 1 is 1.00 bits per heavy atom. The topological polar surface area (TPSA) is 12.0 Å². The van der Waals surface area contributed by atoms with Crippen molar-refractivity contribution in [2.24, 2.45) is 0 Å². The van der Waals surface area contributed by atoms with Gasteiger partial charge in [-0.15, -0.1) is 0 Å². The van der Waals surface area contributed by atoms with Crippen LogP contribution in [0.2, 0.25) is 0 Å². The van der Waals surface area contributed by atoms with Crippen LogP contribution in [-0.4, -0.2) is 0 Å². The molecule has 1 nitrogen and oxygen atoms in total. The zero-order valence-electron chi connectivity index (χ0n) is 11.4. The quantitative estimate of drug-likeness (QED) is 0.693. The standard InChI is InChI=1S/C16H15F3IN/c1-11(13-4-8-15(20)9-5-13)21-10-12-2-6-14(7-3-12)16(17,18)19/h2-9,11,21H,10H2,1H3. The Labute approximate surface area is 135 Å². The van der Waals surface area contributed by atoms with Gasteiger partial charge in [0.15, 0.2) is 0 Å². The number of nitrogens with one attached hydrogen (secondary N) is 1. The summed E-state index contributed by atoms with van der Waals surface area (Å²) in [5.74, 6) is 0. The number of hydrogen-bond acceptors (Lipinski definition) is 1. The second-order valence-electron chi connectivity index (χ2n) is 4.85. The van der Waals surface area contributed by atoms with Gasteiger partial charge in [-0.05, 0) is 64.9 Å². The molecular weight excluding hydrogens is 390 g/mol. The maximum Gasteiger partial charge on any atom is 0.416 e. The van der Waals surface area contributed by atoms with Crippen molar-refractivity contribution in [1.82, 2.24) is 5.32 Å². The highest BCUT2D eigenvalue weighted by Gasteiger charge is 2.29. The van der Waals surface area contributed by atoms with Gasteiger partial charge in [0.25, 0.3) is 0 Å². The van der Waals surface area contributed by atoms with E-state index < -0.39 is 11.7 Å². The van der Waals surface area contributed by atoms with Crippen LogP contribution < -0.4 is 5.32 Å². The highest BCUT2D eigenvalue weighted by atomic mass is 127. The lowest BCUT2D eigenvalue weighted by atomic mass is 10.1. The summed E-state index contributed by atoms with van der Waals surface area (Å²) in [7, 11) is 0. The van der Waals surface area contributed by atoms with Crippen molar-refractivity contribution in [1.29, 1.82) is 0 Å². The molecule has 0 radical (unpaired) electrons. The van der Waals surface area contributed by atoms with E-state index in [4.69, 9.17) is 0 Å². The molecule has 2 aromatic rings. The minimum absolute atomic E-state index is 0.143. The lowest BCUT2D eigenvalue weighted by Crippen LogP contribution is -2.18. The maximum atomic E-state index is 12.5. The number of halogens is 4. The molecular formula is C16H15F3IN. The molecule has 5 heteroatoms. The zero-order valence-corrected chi connectivity index (χ0v) is 13.6. The second kappa shape index (κ2) is 6.79. The minimum atomic E-state index is -4.28. The fraction of sp³-hybridized carbons (Fsp3) is 0.250. The largest absolute Gasteiger partial charge is 0.416 e. The van der Waals surface area contributed by atoms with Crippen LogP contribution in [0.25, 0.3) is 0 Å². The Morgan fingerprint density at radius 3 is 2.10 bits per heavy atom. The molecule has 0 aliphatic carbocycles. The molecule has 0 saturated carbocycles. The molecule has 0 aromatic heterocycles. The Kier molecular flexibility index (Phi) is 5.27. The van der Waals surface area contributed by atoms with Crippen LogP contribution in [0.5, 0.6) is 0 Å². The van der Waals surface area contributed by atoms with Crippen LogP contribution in [0.1, 0.15) is 29.7 Å². The molecule has 0 amide bonds. The highest BCUT2D eigenvalue weighted by Crippen LogP contribution is 2.29. The summed E-state index contributed by atoms with van der Waals surface area (Å²) in [6, 6.07) is 13.6. The summed E-state index contributed by atoms with van der Waals surface area (Å²) in [4.78, 5) is 0. The van der Waals surface area contributed by atoms with Crippen LogP contribution in [0.4, 0.5) is 13.2 Å². The van der Waals surface area contributed by atoms with E-state index in [0.717, 1.165) is 23.3 Å². The Morgan fingerprint density at radius 2 is 1.57 bits per heavy atom. The molecule has 112 valence electrons. The molecule has 2 aromatic carbocycles. The van der Waals surface area contributed by atoms with E-state index in [1.807, 2.05) is 31.2 Å². The third kappa shape index (κ3) is 4.71. The van der Waals surface area contributed by atoms with E-state index >= 15 is 0 Å². The second-order valence-corrected chi connectivity index (χ2v) is 6.09. The molecule has 0 aliphatic rings. The first-order valence-electron chi connectivity index (χ1n) is 6.51. The number of hydrogen-bond donors (Lipinski definition) is 1. The molecule has 21 heavy (non-hydrogen) atoms. The number of benzene rings is 2. The van der Waals surface area contributed by atoms with Gasteiger partial charge in [-0.3, -0.25) is 0 Å². The van der Waals surface area contributed by atoms with Crippen molar-refractivity contribution in [3.8, 4) is 0 Å². The van der Waals surface area contributed by atoms with Crippen LogP contribution in [0.15, 0.2) is 48.5 Å². The van der Waals surface area contributed by atoms with Gasteiger partial charge < -0.3 is 5.32 Å². The molecule has 0 spiro atoms. The molecule has 1 N–H and O–H groups in total. The Hall–Kier alpha value is -1.08. The first-order chi connectivity index (χ1) is 9.86. The SMILES string of the molecule is CC(NCc1ccc(C(F)(F)F)cc1)c1ccc(I)cc1. The third-order valence-corrected chi connectivity index (χ3v) is 3.98. The fourth-order valence-electron chi connectivity index (χ4n) is 1.95. The van der Waals surface area contributed by atoms with E-state index in [9.17, 15) is 13.2 Å². The van der Waals surface area contributed by atoms with Crippen molar-refractivity contribution in [2.75, 3.05) is 0 Å². The summed E-state index contributed by atoms with van der Waals surface area (Å²) >= 11 is 2.25. The molecule has 0 bridgehead atoms. The Bertz CT molecular complexity index is 576. The molecule has 0 fully saturated rings. The van der Waals surface area contributed by atoms with Crippen molar-refractivity contribution >= 4 is 22.6 Å². The van der Waals surface area contributed by atoms with Crippen molar-refractivity contribution in [2.45, 2.75) is 25.7 Å². The zero-order chi connectivity index (χ0) is 15.5. The summed E-state index contributed by atoms with van der Waals surface area (Å²) < 4.78 is 38.6. The van der Waals surface area contributed by atoms with E-state index in [0.29, 0.717) is 6.54 Å². The van der Waals surface area contributed by atoms with Gasteiger partial charge in [0.1, 0.15) is 0 Å². The van der Waals surface area contributed by atoms with Gasteiger partial charge in [0.05, 0.1) is 5.56 Å². The van der Waals surface area contributed by atoms with Gasteiger partial charge in [0.2, 0.25) is 0 Å². The fourth-order valence-corrected chi connectivity index (χ4v) is 2.31. The third-order valence-electron chi connectivity index (χ3n) is 3.26. The van der Waals surface area contributed by atoms with E-state index in [1.165, 1.54) is 15.7 Å². The highest BCUT2D eigenvalue weighted by molar-refractivity contribution is 14.1. The molecule has 1 unspecified atom stereocenters. The lowest BCUT2D eigenvalue weighted by molar-refractivity contribution is -0.137. The van der Waals surface area contributed by atoms with Gasteiger partial charge in [-0.25, -0.2) is 0 Å². The smallest absolute Gasteiger partial charge is 0.306 e. The van der Waals surface area contributed by atoms with Crippen molar-refractivity contribution < 1.29 is 13.2 Å². The Balaban J connectivity index is 1.95. The van der Waals surface area contributed by atoms with E-state index in [2.05, 4.69) is 27.9 Å². The summed E-state index contributed by atoms with van der Waals surface area (Å²) in [5.41, 5.74) is 1.37. The summed E-state index contributed by atoms with van der Waals surface area (Å²) in [6.45, 7) is 2.57. The average Bonchev–Trinajstić information content (AvgIpc) is 2.45. The van der Waals surface area contributed by atoms with Crippen LogP contribution in [0.3, 0.4) is 0 Å². The van der Waals surface area contributed by atoms with Gasteiger partial charge in [-0.2, -0.15) is 13.2 Å². The van der Waals surface area contributed by atoms with E-state index in [1.54, 1.807) is 0 Å². The average molecular weight is 405 g/mol. The van der Waals surface area contributed by atoms with Gasteiger partial charge in [-0.1, -0.05) is 24.3 Å². The predicted octanol–water partition coefficient (Wildman–Crippen LogP) is 5.16. The van der Waals surface area contributed by atoms with Crippen molar-refractivity contribution in [3.63, 3.8) is 0 Å². The van der Waals surface area contributed by atoms with Gasteiger partial charge >= 0.3 is 6.18 Å². The van der Waals surface area contributed by atoms with Crippen LogP contribution >= 0.6 is 22.6 Å². The maximum absolute atomic E-state index is 12.5. The molecule has 0 heterocycles. The monoisotopic (exact) mass is 405 g/mol. The van der Waals surface area contributed by atoms with Gasteiger partial charge in [0, 0.05) is 16.2 Å². The first-order valence-corrected chi connectivity index (χ1v) is 7.59. The predicted molar refractivity (Wildman–Crippen MR) is 85.9 cm³/mol. The summed E-state index contributed by atoms with van der Waals surface area (Å²) in [5, 5.41) is 3.31. The molecule has 0 aliphatic heterocycles. The van der Waals surface area contributed by atoms with Crippen molar-refractivity contribution in [3.05, 3.63) is 68.8 Å². The van der Waals surface area contributed by atoms with Crippen LogP contribution in [0, 0.1) is 3.57 Å². The number of alkyl halides is 3. The normalized spacial score (nSPS) is 13.2.